The van der Waals surface area contributed by atoms with Crippen LogP contribution in [0.3, 0.4) is 0 Å². The second-order valence-electron chi connectivity index (χ2n) is 2.42. The third kappa shape index (κ3) is 1.65. The number of rotatable bonds is 1. The van der Waals surface area contributed by atoms with Crippen molar-refractivity contribution in [1.82, 2.24) is 0 Å². The summed E-state index contributed by atoms with van der Waals surface area (Å²) < 4.78 is 21.7. The zero-order valence-electron chi connectivity index (χ0n) is 5.65. The molecule has 0 amide bonds. The van der Waals surface area contributed by atoms with E-state index >= 15 is 0 Å². The molecule has 0 aromatic rings. The summed E-state index contributed by atoms with van der Waals surface area (Å²) in [6, 6.07) is 0. The van der Waals surface area contributed by atoms with E-state index in [1.54, 1.807) is 0 Å². The number of hydrogen-bond donors (Lipinski definition) is 1. The second kappa shape index (κ2) is 2.71. The van der Waals surface area contributed by atoms with E-state index in [0.717, 1.165) is 0 Å². The molecule has 0 aromatic carbocycles. The molecule has 1 fully saturated rings. The van der Waals surface area contributed by atoms with Crippen LogP contribution in [0.1, 0.15) is 0 Å². The molecule has 0 aliphatic carbocycles. The van der Waals surface area contributed by atoms with Crippen LogP contribution in [0.2, 0.25) is 0 Å². The normalized spacial score (nSPS) is 38.2. The standard InChI is InChI=1S/C5H10O3S2/c1-9-5-3-10(7,8)2-4(5)6/h4-6H,2-3H2,1H3. The Kier molecular flexibility index (Phi) is 2.27. The van der Waals surface area contributed by atoms with E-state index in [0.29, 0.717) is 0 Å². The highest BCUT2D eigenvalue weighted by Gasteiger charge is 2.35. The van der Waals surface area contributed by atoms with Gasteiger partial charge in [0.2, 0.25) is 0 Å². The van der Waals surface area contributed by atoms with Gasteiger partial charge < -0.3 is 5.11 Å². The first-order valence-corrected chi connectivity index (χ1v) is 6.07. The smallest absolute Gasteiger partial charge is 0.154 e. The van der Waals surface area contributed by atoms with Crippen molar-refractivity contribution < 1.29 is 13.5 Å². The molecule has 2 atom stereocenters. The molecule has 0 saturated carbocycles. The Bertz CT molecular complexity index is 209. The van der Waals surface area contributed by atoms with E-state index in [2.05, 4.69) is 0 Å². The summed E-state index contributed by atoms with van der Waals surface area (Å²) in [5.41, 5.74) is 0. The number of thioether (sulfide) groups is 1. The van der Waals surface area contributed by atoms with Gasteiger partial charge in [-0.15, -0.1) is 0 Å². The average molecular weight is 182 g/mol. The maximum Gasteiger partial charge on any atom is 0.154 e. The van der Waals surface area contributed by atoms with Crippen LogP contribution in [0.25, 0.3) is 0 Å². The van der Waals surface area contributed by atoms with Gasteiger partial charge in [-0.1, -0.05) is 0 Å². The van der Waals surface area contributed by atoms with Gasteiger partial charge >= 0.3 is 0 Å². The Hall–Kier alpha value is 0.260. The first-order valence-electron chi connectivity index (χ1n) is 2.96. The zero-order chi connectivity index (χ0) is 7.78. The van der Waals surface area contributed by atoms with Gasteiger partial charge in [0.15, 0.2) is 9.84 Å². The van der Waals surface area contributed by atoms with Crippen molar-refractivity contribution >= 4 is 21.6 Å². The summed E-state index contributed by atoms with van der Waals surface area (Å²) in [4.78, 5) is 0. The van der Waals surface area contributed by atoms with Gasteiger partial charge in [-0.25, -0.2) is 8.42 Å². The predicted molar refractivity (Wildman–Crippen MR) is 42.0 cm³/mol. The van der Waals surface area contributed by atoms with Crippen LogP contribution in [-0.4, -0.2) is 42.6 Å². The van der Waals surface area contributed by atoms with Gasteiger partial charge in [0.1, 0.15) is 0 Å². The lowest BCUT2D eigenvalue weighted by atomic mass is 10.3. The fourth-order valence-electron chi connectivity index (χ4n) is 1.02. The molecule has 1 saturated heterocycles. The van der Waals surface area contributed by atoms with Crippen LogP contribution in [0.5, 0.6) is 0 Å². The highest BCUT2D eigenvalue weighted by Crippen LogP contribution is 2.22. The third-order valence-electron chi connectivity index (χ3n) is 1.57. The van der Waals surface area contributed by atoms with E-state index in [-0.39, 0.29) is 16.8 Å². The molecule has 3 nitrogen and oxygen atoms in total. The SMILES string of the molecule is CSC1CS(=O)(=O)CC1O. The Morgan fingerprint density at radius 2 is 2.10 bits per heavy atom. The number of sulfone groups is 1. The van der Waals surface area contributed by atoms with Crippen LogP contribution in [0, 0.1) is 0 Å². The topological polar surface area (TPSA) is 54.4 Å². The summed E-state index contributed by atoms with van der Waals surface area (Å²) in [7, 11) is -2.93. The summed E-state index contributed by atoms with van der Waals surface area (Å²) in [6.45, 7) is 0. The fraction of sp³-hybridized carbons (Fsp3) is 1.00. The van der Waals surface area contributed by atoms with E-state index in [1.807, 2.05) is 6.26 Å². The first-order chi connectivity index (χ1) is 4.55. The minimum Gasteiger partial charge on any atom is -0.391 e. The van der Waals surface area contributed by atoms with E-state index in [1.165, 1.54) is 11.8 Å². The van der Waals surface area contributed by atoms with Gasteiger partial charge in [-0.05, 0) is 6.26 Å². The van der Waals surface area contributed by atoms with E-state index in [9.17, 15) is 8.42 Å². The lowest BCUT2D eigenvalue weighted by molar-refractivity contribution is 0.207. The molecule has 0 aromatic heterocycles. The van der Waals surface area contributed by atoms with Crippen LogP contribution >= 0.6 is 11.8 Å². The van der Waals surface area contributed by atoms with Crippen LogP contribution < -0.4 is 0 Å². The third-order valence-corrected chi connectivity index (χ3v) is 4.59. The monoisotopic (exact) mass is 182 g/mol. The van der Waals surface area contributed by atoms with Crippen LogP contribution in [-0.2, 0) is 9.84 Å². The lowest BCUT2D eigenvalue weighted by Crippen LogP contribution is -2.19. The quantitative estimate of drug-likeness (QED) is 0.594. The van der Waals surface area contributed by atoms with E-state index in [4.69, 9.17) is 5.11 Å². The molecular weight excluding hydrogens is 172 g/mol. The number of hydrogen-bond acceptors (Lipinski definition) is 4. The molecule has 2 unspecified atom stereocenters. The average Bonchev–Trinajstić information content (AvgIpc) is 2.05. The number of aliphatic hydroxyl groups is 1. The molecule has 1 N–H and O–H groups in total. The van der Waals surface area contributed by atoms with Gasteiger partial charge in [-0.3, -0.25) is 0 Å². The highest BCUT2D eigenvalue weighted by molar-refractivity contribution is 8.01. The van der Waals surface area contributed by atoms with Gasteiger partial charge in [0.25, 0.3) is 0 Å². The van der Waals surface area contributed by atoms with Crippen LogP contribution in [0.4, 0.5) is 0 Å². The molecule has 60 valence electrons. The van der Waals surface area contributed by atoms with E-state index < -0.39 is 15.9 Å². The molecule has 10 heavy (non-hydrogen) atoms. The summed E-state index contributed by atoms with van der Waals surface area (Å²) in [6.07, 6.45) is 1.16. The maximum atomic E-state index is 10.8. The Balaban J connectivity index is 2.71. The molecule has 1 aliphatic heterocycles. The van der Waals surface area contributed by atoms with Gasteiger partial charge in [-0.2, -0.15) is 11.8 Å². The molecule has 0 spiro atoms. The van der Waals surface area contributed by atoms with Gasteiger partial charge in [0.05, 0.1) is 17.6 Å². The minimum absolute atomic E-state index is 0.0570. The van der Waals surface area contributed by atoms with Crippen molar-refractivity contribution in [3.8, 4) is 0 Å². The number of aliphatic hydroxyl groups excluding tert-OH is 1. The largest absolute Gasteiger partial charge is 0.391 e. The predicted octanol–water partition coefficient (Wildman–Crippen LogP) is -0.493. The van der Waals surface area contributed by atoms with Crippen molar-refractivity contribution in [2.75, 3.05) is 17.8 Å². The molecule has 1 heterocycles. The van der Waals surface area contributed by atoms with Crippen molar-refractivity contribution in [2.24, 2.45) is 0 Å². The molecule has 1 aliphatic rings. The first kappa shape index (κ1) is 8.36. The molecular formula is C5H10O3S2. The van der Waals surface area contributed by atoms with Crippen molar-refractivity contribution in [3.05, 3.63) is 0 Å². The lowest BCUT2D eigenvalue weighted by Gasteiger charge is -2.06. The van der Waals surface area contributed by atoms with Crippen LogP contribution in [0.15, 0.2) is 0 Å². The molecule has 5 heteroatoms. The Morgan fingerprint density at radius 1 is 1.50 bits per heavy atom. The summed E-state index contributed by atoms with van der Waals surface area (Å²) in [5, 5.41) is 9.02. The summed E-state index contributed by atoms with van der Waals surface area (Å²) in [5.74, 6) is 0.0772. The van der Waals surface area contributed by atoms with Gasteiger partial charge in [0, 0.05) is 5.25 Å². The maximum absolute atomic E-state index is 10.8. The fourth-order valence-corrected chi connectivity index (χ4v) is 4.33. The Labute approximate surface area is 64.7 Å². The van der Waals surface area contributed by atoms with Crippen molar-refractivity contribution in [2.45, 2.75) is 11.4 Å². The van der Waals surface area contributed by atoms with Crippen molar-refractivity contribution in [3.63, 3.8) is 0 Å². The zero-order valence-corrected chi connectivity index (χ0v) is 7.28. The molecule has 0 bridgehead atoms. The Morgan fingerprint density at radius 3 is 2.30 bits per heavy atom. The minimum atomic E-state index is -2.93. The molecule has 0 radical (unpaired) electrons. The highest BCUT2D eigenvalue weighted by atomic mass is 32.2. The van der Waals surface area contributed by atoms with Crippen molar-refractivity contribution in [1.29, 1.82) is 0 Å². The molecule has 1 rings (SSSR count). The summed E-state index contributed by atoms with van der Waals surface area (Å²) >= 11 is 1.41. The second-order valence-corrected chi connectivity index (χ2v) is 5.65.